The third kappa shape index (κ3) is 7.53. The summed E-state index contributed by atoms with van der Waals surface area (Å²) in [7, 11) is 0. The Hall–Kier alpha value is -2.96. The van der Waals surface area contributed by atoms with Crippen LogP contribution < -0.4 is 4.90 Å². The Kier molecular flexibility index (Phi) is 10.1. The van der Waals surface area contributed by atoms with E-state index in [-0.39, 0.29) is 24.2 Å². The van der Waals surface area contributed by atoms with E-state index in [0.717, 1.165) is 16.8 Å². The van der Waals surface area contributed by atoms with Crippen LogP contribution in [0.1, 0.15) is 58.9 Å². The van der Waals surface area contributed by atoms with Crippen molar-refractivity contribution in [2.45, 2.75) is 59.0 Å². The maximum Gasteiger partial charge on any atom is 0.307 e. The van der Waals surface area contributed by atoms with Gasteiger partial charge in [-0.05, 0) is 44.7 Å². The molecule has 0 saturated carbocycles. The number of anilines is 1. The Morgan fingerprint density at radius 2 is 1.76 bits per heavy atom. The van der Waals surface area contributed by atoms with Crippen LogP contribution in [0.2, 0.25) is 5.02 Å². The maximum atomic E-state index is 14.0. The first-order chi connectivity index (χ1) is 17.7. The molecular weight excluding hydrogens is 504 g/mol. The highest BCUT2D eigenvalue weighted by Crippen LogP contribution is 2.37. The molecule has 0 radical (unpaired) electrons. The van der Waals surface area contributed by atoms with Gasteiger partial charge in [0.2, 0.25) is 5.91 Å². The minimum Gasteiger partial charge on any atom is -0.460 e. The third-order valence-corrected chi connectivity index (χ3v) is 7.01. The third-order valence-electron chi connectivity index (χ3n) is 5.82. The lowest BCUT2D eigenvalue weighted by atomic mass is 9.80. The molecule has 37 heavy (non-hydrogen) atoms. The second-order valence-corrected chi connectivity index (χ2v) is 10.8. The minimum absolute atomic E-state index is 0.00273. The van der Waals surface area contributed by atoms with Crippen molar-refractivity contribution in [3.63, 3.8) is 0 Å². The fourth-order valence-electron chi connectivity index (χ4n) is 4.26. The van der Waals surface area contributed by atoms with Crippen LogP contribution in [-0.4, -0.2) is 29.0 Å². The van der Waals surface area contributed by atoms with Crippen LogP contribution in [0.15, 0.2) is 72.1 Å². The second kappa shape index (κ2) is 13.0. The van der Waals surface area contributed by atoms with Crippen molar-refractivity contribution < 1.29 is 14.3 Å². The van der Waals surface area contributed by atoms with E-state index in [1.807, 2.05) is 101 Å². The number of nitrogens with zero attached hydrogens (tertiary/aromatic N) is 2. The van der Waals surface area contributed by atoms with Gasteiger partial charge in [0.1, 0.15) is 5.60 Å². The Morgan fingerprint density at radius 1 is 1.08 bits per heavy atom. The Morgan fingerprint density at radius 3 is 2.43 bits per heavy atom. The summed E-state index contributed by atoms with van der Waals surface area (Å²) in [6.07, 6.45) is 4.75. The summed E-state index contributed by atoms with van der Waals surface area (Å²) >= 11 is 7.76. The molecule has 0 aliphatic carbocycles. The van der Waals surface area contributed by atoms with E-state index in [0.29, 0.717) is 23.1 Å². The molecule has 0 N–H and O–H groups in total. The molecule has 2 unspecified atom stereocenters. The average molecular weight is 539 g/mol. The molecule has 2 heterocycles. The van der Waals surface area contributed by atoms with Crippen LogP contribution in [0.4, 0.5) is 5.13 Å². The lowest BCUT2D eigenvalue weighted by Gasteiger charge is -2.32. The van der Waals surface area contributed by atoms with Gasteiger partial charge in [0.25, 0.3) is 0 Å². The molecule has 3 aromatic rings. The second-order valence-electron chi connectivity index (χ2n) is 9.57. The first kappa shape index (κ1) is 28.6. The first-order valence-corrected chi connectivity index (χ1v) is 13.9. The van der Waals surface area contributed by atoms with E-state index in [1.54, 1.807) is 4.90 Å². The quantitative estimate of drug-likeness (QED) is 0.244. The molecule has 196 valence electrons. The highest BCUT2D eigenvalue weighted by molar-refractivity contribution is 7.14. The van der Waals surface area contributed by atoms with Gasteiger partial charge in [0, 0.05) is 22.5 Å². The number of esters is 1. The monoisotopic (exact) mass is 538 g/mol. The summed E-state index contributed by atoms with van der Waals surface area (Å²) in [4.78, 5) is 33.3. The van der Waals surface area contributed by atoms with Crippen molar-refractivity contribution in [2.24, 2.45) is 5.92 Å². The van der Waals surface area contributed by atoms with Gasteiger partial charge in [-0.1, -0.05) is 86.1 Å². The van der Waals surface area contributed by atoms with E-state index < -0.39 is 11.5 Å². The maximum absolute atomic E-state index is 14.0. The number of aromatic nitrogens is 1. The van der Waals surface area contributed by atoms with E-state index in [2.05, 4.69) is 6.08 Å². The number of rotatable bonds is 5. The van der Waals surface area contributed by atoms with Gasteiger partial charge < -0.3 is 4.74 Å². The van der Waals surface area contributed by atoms with Crippen molar-refractivity contribution in [1.82, 2.24) is 4.98 Å². The number of amides is 1. The van der Waals surface area contributed by atoms with E-state index in [1.165, 1.54) is 11.3 Å². The number of ether oxygens (including phenoxy) is 1. The average Bonchev–Trinajstić information content (AvgIpc) is 3.34. The zero-order valence-corrected chi connectivity index (χ0v) is 23.7. The van der Waals surface area contributed by atoms with Crippen molar-refractivity contribution >= 4 is 39.9 Å². The van der Waals surface area contributed by atoms with Gasteiger partial charge in [-0.15, -0.1) is 11.3 Å². The lowest BCUT2D eigenvalue weighted by Crippen LogP contribution is -2.41. The fourth-order valence-corrected chi connectivity index (χ4v) is 5.34. The summed E-state index contributed by atoms with van der Waals surface area (Å²) in [5.74, 6) is -1.24. The van der Waals surface area contributed by atoms with Gasteiger partial charge in [0.05, 0.1) is 18.0 Å². The standard InChI is InChI=1S/C28H29ClN2O3S.C2H6/c1-28(2,3)34-25(32)17-22-20(19-11-5-4-6-12-19)13-9-10-16-31(26(22)33)27-30-24(18-35-27)21-14-7-8-15-23(21)29;1-2/h4-12,14-15,18,20,22H,13,16-17H2,1-3H3;1-2H3/b10-9-;. The molecule has 7 heteroatoms. The molecule has 2 atom stereocenters. The zero-order valence-electron chi connectivity index (χ0n) is 22.1. The number of allylic oxidation sites excluding steroid dienone is 1. The van der Waals surface area contributed by atoms with Crippen LogP contribution in [0.5, 0.6) is 0 Å². The summed E-state index contributed by atoms with van der Waals surface area (Å²) in [6, 6.07) is 17.4. The Labute approximate surface area is 229 Å². The SMILES string of the molecule is CC.CC(C)(C)OC(=O)CC1C(=O)N(c2nc(-c3ccccc3Cl)cs2)C/C=C\CC1c1ccccc1. The molecular formula is C30H35ClN2O3S. The molecule has 0 fully saturated rings. The molecule has 1 aromatic heterocycles. The lowest BCUT2D eigenvalue weighted by molar-refractivity contribution is -0.157. The van der Waals surface area contributed by atoms with Crippen molar-refractivity contribution in [2.75, 3.05) is 11.4 Å². The predicted molar refractivity (Wildman–Crippen MR) is 153 cm³/mol. The van der Waals surface area contributed by atoms with E-state index in [9.17, 15) is 9.59 Å². The number of carbonyl (C=O) groups is 2. The van der Waals surface area contributed by atoms with Gasteiger partial charge in [0.15, 0.2) is 5.13 Å². The normalized spacial score (nSPS) is 18.8. The molecule has 0 bridgehead atoms. The molecule has 0 saturated heterocycles. The Balaban J connectivity index is 0.00000186. The summed E-state index contributed by atoms with van der Waals surface area (Å²) in [5, 5.41) is 3.09. The number of hydrogen-bond acceptors (Lipinski definition) is 5. The van der Waals surface area contributed by atoms with Crippen molar-refractivity contribution in [3.8, 4) is 11.3 Å². The van der Waals surface area contributed by atoms with Gasteiger partial charge >= 0.3 is 5.97 Å². The molecule has 1 amide bonds. The van der Waals surface area contributed by atoms with Crippen LogP contribution in [0.25, 0.3) is 11.3 Å². The van der Waals surface area contributed by atoms with Crippen molar-refractivity contribution in [1.29, 1.82) is 0 Å². The predicted octanol–water partition coefficient (Wildman–Crippen LogP) is 7.91. The topological polar surface area (TPSA) is 59.5 Å². The fraction of sp³-hybridized carbons (Fsp3) is 0.367. The van der Waals surface area contributed by atoms with Crippen LogP contribution in [-0.2, 0) is 14.3 Å². The smallest absolute Gasteiger partial charge is 0.307 e. The summed E-state index contributed by atoms with van der Waals surface area (Å²) in [5.41, 5.74) is 1.94. The number of thiazole rings is 1. The molecule has 1 aliphatic heterocycles. The molecule has 0 spiro atoms. The van der Waals surface area contributed by atoms with Crippen LogP contribution in [0, 0.1) is 5.92 Å². The molecule has 1 aliphatic rings. The van der Waals surface area contributed by atoms with E-state index >= 15 is 0 Å². The van der Waals surface area contributed by atoms with E-state index in [4.69, 9.17) is 21.3 Å². The zero-order chi connectivity index (χ0) is 27.0. The number of hydrogen-bond donors (Lipinski definition) is 0. The van der Waals surface area contributed by atoms with Gasteiger partial charge in [-0.25, -0.2) is 4.98 Å². The van der Waals surface area contributed by atoms with Crippen LogP contribution in [0.3, 0.4) is 0 Å². The highest BCUT2D eigenvalue weighted by Gasteiger charge is 2.37. The number of carbonyl (C=O) groups excluding carboxylic acids is 2. The summed E-state index contributed by atoms with van der Waals surface area (Å²) < 4.78 is 5.61. The number of benzene rings is 2. The van der Waals surface area contributed by atoms with Gasteiger partial charge in [-0.2, -0.15) is 0 Å². The Bertz CT molecular complexity index is 1220. The minimum atomic E-state index is -0.622. The molecule has 2 aromatic carbocycles. The number of halogens is 1. The summed E-state index contributed by atoms with van der Waals surface area (Å²) in [6.45, 7) is 9.89. The first-order valence-electron chi connectivity index (χ1n) is 12.7. The largest absolute Gasteiger partial charge is 0.460 e. The molecule has 5 nitrogen and oxygen atoms in total. The van der Waals surface area contributed by atoms with Crippen molar-refractivity contribution in [3.05, 3.63) is 82.7 Å². The van der Waals surface area contributed by atoms with Gasteiger partial charge in [-0.3, -0.25) is 14.5 Å². The highest BCUT2D eigenvalue weighted by atomic mass is 35.5. The van der Waals surface area contributed by atoms with Crippen LogP contribution >= 0.6 is 22.9 Å². The molecule has 4 rings (SSSR count).